The maximum Gasteiger partial charge on any atom is 0.258 e. The summed E-state index contributed by atoms with van der Waals surface area (Å²) < 4.78 is 5.44. The van der Waals surface area contributed by atoms with E-state index in [0.29, 0.717) is 54.5 Å². The predicted octanol–water partition coefficient (Wildman–Crippen LogP) is 4.86. The number of carbonyl (C=O) groups is 1. The van der Waals surface area contributed by atoms with Crippen LogP contribution in [0.3, 0.4) is 0 Å². The zero-order valence-electron chi connectivity index (χ0n) is 20.8. The SMILES string of the molecule is O=C(CN1CCOCC1)N1N=C(c2c(-c3ccccc3)c3cc(Cl)ccc3[nH]c2=O)CC1c1ccccc1. The molecule has 0 radical (unpaired) electrons. The largest absolute Gasteiger partial charge is 0.379 e. The van der Waals surface area contributed by atoms with Gasteiger partial charge in [0.05, 0.1) is 37.1 Å². The molecular weight excluding hydrogens is 500 g/mol. The van der Waals surface area contributed by atoms with Gasteiger partial charge >= 0.3 is 0 Å². The van der Waals surface area contributed by atoms with Gasteiger partial charge in [0.15, 0.2) is 0 Å². The molecule has 1 amide bonds. The third kappa shape index (κ3) is 4.76. The molecule has 1 atom stereocenters. The monoisotopic (exact) mass is 526 g/mol. The van der Waals surface area contributed by atoms with Crippen LogP contribution in [0.15, 0.2) is 88.8 Å². The number of amides is 1. The van der Waals surface area contributed by atoms with Crippen LogP contribution in [-0.2, 0) is 9.53 Å². The molecule has 38 heavy (non-hydrogen) atoms. The van der Waals surface area contributed by atoms with Crippen molar-refractivity contribution in [1.29, 1.82) is 0 Å². The second kappa shape index (κ2) is 10.5. The summed E-state index contributed by atoms with van der Waals surface area (Å²) in [5, 5.41) is 7.82. The molecule has 7 nitrogen and oxygen atoms in total. The van der Waals surface area contributed by atoms with Crippen molar-refractivity contribution in [3.8, 4) is 11.1 Å². The van der Waals surface area contributed by atoms with E-state index >= 15 is 0 Å². The Hall–Kier alpha value is -3.78. The smallest absolute Gasteiger partial charge is 0.258 e. The van der Waals surface area contributed by atoms with Crippen molar-refractivity contribution in [1.82, 2.24) is 14.9 Å². The standard InChI is InChI=1S/C30H27ClN4O3/c31-22-11-12-24-23(17-22)28(21-9-5-2-6-10-21)29(30(37)32-24)25-18-26(20-7-3-1-4-8-20)35(33-25)27(36)19-34-13-15-38-16-14-34/h1-12,17,26H,13-16,18-19H2,(H,32,37). The second-order valence-corrected chi connectivity index (χ2v) is 10.0. The number of nitrogens with one attached hydrogen (secondary N) is 1. The molecule has 1 saturated heterocycles. The minimum absolute atomic E-state index is 0.0997. The highest BCUT2D eigenvalue weighted by atomic mass is 35.5. The maximum atomic E-state index is 13.6. The van der Waals surface area contributed by atoms with Crippen LogP contribution in [-0.4, -0.2) is 59.4 Å². The van der Waals surface area contributed by atoms with E-state index in [4.69, 9.17) is 21.4 Å². The number of fused-ring (bicyclic) bond motifs is 1. The lowest BCUT2D eigenvalue weighted by atomic mass is 9.91. The topological polar surface area (TPSA) is 78.0 Å². The number of morpholine rings is 1. The molecule has 2 aliphatic rings. The van der Waals surface area contributed by atoms with Gasteiger partial charge in [-0.25, -0.2) is 5.01 Å². The third-order valence-corrected chi connectivity index (χ3v) is 7.38. The number of carbonyl (C=O) groups excluding carboxylic acids is 1. The van der Waals surface area contributed by atoms with E-state index in [9.17, 15) is 9.59 Å². The van der Waals surface area contributed by atoms with Gasteiger partial charge in [-0.3, -0.25) is 14.5 Å². The Balaban J connectivity index is 1.49. The van der Waals surface area contributed by atoms with Gasteiger partial charge in [0, 0.05) is 41.0 Å². The number of pyridine rings is 1. The fourth-order valence-corrected chi connectivity index (χ4v) is 5.47. The number of nitrogens with zero attached hydrogens (tertiary/aromatic N) is 3. The van der Waals surface area contributed by atoms with Crippen molar-refractivity contribution in [2.24, 2.45) is 5.10 Å². The van der Waals surface area contributed by atoms with Crippen molar-refractivity contribution in [2.45, 2.75) is 12.5 Å². The third-order valence-electron chi connectivity index (χ3n) is 7.14. The van der Waals surface area contributed by atoms with E-state index < -0.39 is 0 Å². The number of aromatic nitrogens is 1. The number of aromatic amines is 1. The van der Waals surface area contributed by atoms with Gasteiger partial charge in [-0.2, -0.15) is 5.10 Å². The summed E-state index contributed by atoms with van der Waals surface area (Å²) in [5.74, 6) is -0.0997. The number of benzene rings is 3. The molecule has 0 aliphatic carbocycles. The number of ether oxygens (including phenoxy) is 1. The molecule has 192 valence electrons. The molecule has 1 unspecified atom stereocenters. The van der Waals surface area contributed by atoms with Gasteiger partial charge in [0.1, 0.15) is 0 Å². The summed E-state index contributed by atoms with van der Waals surface area (Å²) in [5.41, 5.74) is 4.12. The van der Waals surface area contributed by atoms with Crippen molar-refractivity contribution in [3.63, 3.8) is 0 Å². The van der Waals surface area contributed by atoms with Crippen LogP contribution in [0.25, 0.3) is 22.0 Å². The maximum absolute atomic E-state index is 13.6. The number of H-pyrrole nitrogens is 1. The zero-order valence-corrected chi connectivity index (χ0v) is 21.5. The molecule has 0 spiro atoms. The summed E-state index contributed by atoms with van der Waals surface area (Å²) in [6, 6.07) is 24.8. The molecule has 1 fully saturated rings. The Morgan fingerprint density at radius 1 is 0.974 bits per heavy atom. The Morgan fingerprint density at radius 2 is 1.68 bits per heavy atom. The number of rotatable bonds is 5. The first-order valence-electron chi connectivity index (χ1n) is 12.7. The molecule has 1 N–H and O–H groups in total. The summed E-state index contributed by atoms with van der Waals surface area (Å²) in [4.78, 5) is 32.3. The molecule has 4 aromatic rings. The van der Waals surface area contributed by atoms with Crippen LogP contribution in [0, 0.1) is 0 Å². The average molecular weight is 527 g/mol. The highest BCUT2D eigenvalue weighted by Gasteiger charge is 2.36. The van der Waals surface area contributed by atoms with Crippen molar-refractivity contribution in [2.75, 3.05) is 32.8 Å². The number of halogens is 1. The average Bonchev–Trinajstić information content (AvgIpc) is 3.39. The van der Waals surface area contributed by atoms with Crippen LogP contribution in [0.4, 0.5) is 0 Å². The first-order chi connectivity index (χ1) is 18.6. The quantitative estimate of drug-likeness (QED) is 0.403. The van der Waals surface area contributed by atoms with E-state index in [-0.39, 0.29) is 24.1 Å². The minimum atomic E-state index is -0.308. The summed E-state index contributed by atoms with van der Waals surface area (Å²) in [6.07, 6.45) is 0.424. The van der Waals surface area contributed by atoms with Crippen molar-refractivity contribution >= 4 is 34.1 Å². The molecule has 6 rings (SSSR count). The Kier molecular flexibility index (Phi) is 6.81. The lowest BCUT2D eigenvalue weighted by molar-refractivity contribution is -0.135. The van der Waals surface area contributed by atoms with Crippen LogP contribution < -0.4 is 5.56 Å². The molecule has 2 aliphatic heterocycles. The lowest BCUT2D eigenvalue weighted by Gasteiger charge is -2.29. The van der Waals surface area contributed by atoms with Gasteiger partial charge in [-0.1, -0.05) is 72.3 Å². The van der Waals surface area contributed by atoms with E-state index in [1.807, 2.05) is 72.8 Å². The summed E-state index contributed by atoms with van der Waals surface area (Å²) in [6.45, 7) is 2.88. The molecule has 1 aromatic heterocycles. The Bertz CT molecular complexity index is 1560. The highest BCUT2D eigenvalue weighted by molar-refractivity contribution is 6.31. The van der Waals surface area contributed by atoms with E-state index in [2.05, 4.69) is 9.88 Å². The summed E-state index contributed by atoms with van der Waals surface area (Å²) in [7, 11) is 0. The van der Waals surface area contributed by atoms with Gasteiger partial charge in [0.25, 0.3) is 11.5 Å². The molecule has 0 bridgehead atoms. The number of hydrazone groups is 1. The Morgan fingerprint density at radius 3 is 2.42 bits per heavy atom. The number of hydrogen-bond donors (Lipinski definition) is 1. The van der Waals surface area contributed by atoms with E-state index in [0.717, 1.165) is 22.1 Å². The molecular formula is C30H27ClN4O3. The zero-order chi connectivity index (χ0) is 26.1. The van der Waals surface area contributed by atoms with Crippen LogP contribution in [0.5, 0.6) is 0 Å². The van der Waals surface area contributed by atoms with Crippen molar-refractivity contribution in [3.05, 3.63) is 105 Å². The van der Waals surface area contributed by atoms with Gasteiger partial charge in [-0.05, 0) is 29.3 Å². The van der Waals surface area contributed by atoms with Crippen LogP contribution >= 0.6 is 11.6 Å². The Labute approximate surface area is 225 Å². The van der Waals surface area contributed by atoms with Crippen LogP contribution in [0.1, 0.15) is 23.6 Å². The normalized spacial score (nSPS) is 18.1. The van der Waals surface area contributed by atoms with Gasteiger partial charge < -0.3 is 9.72 Å². The fourth-order valence-electron chi connectivity index (χ4n) is 5.29. The van der Waals surface area contributed by atoms with Crippen LogP contribution in [0.2, 0.25) is 5.02 Å². The van der Waals surface area contributed by atoms with Gasteiger partial charge in [-0.15, -0.1) is 0 Å². The van der Waals surface area contributed by atoms with E-state index in [1.165, 1.54) is 0 Å². The lowest BCUT2D eigenvalue weighted by Crippen LogP contribution is -2.43. The molecule has 8 heteroatoms. The molecule has 3 heterocycles. The molecule has 0 saturated carbocycles. The fraction of sp³-hybridized carbons (Fsp3) is 0.233. The predicted molar refractivity (Wildman–Crippen MR) is 149 cm³/mol. The minimum Gasteiger partial charge on any atom is -0.379 e. The highest BCUT2D eigenvalue weighted by Crippen LogP contribution is 2.37. The first kappa shape index (κ1) is 24.6. The first-order valence-corrected chi connectivity index (χ1v) is 13.1. The van der Waals surface area contributed by atoms with E-state index in [1.54, 1.807) is 11.1 Å². The van der Waals surface area contributed by atoms with Crippen molar-refractivity contribution < 1.29 is 9.53 Å². The molecule has 3 aromatic carbocycles. The number of hydrogen-bond acceptors (Lipinski definition) is 5. The summed E-state index contributed by atoms with van der Waals surface area (Å²) >= 11 is 6.40. The second-order valence-electron chi connectivity index (χ2n) is 9.56. The van der Waals surface area contributed by atoms with Gasteiger partial charge in [0.2, 0.25) is 0 Å².